The molecular weight excluding hydrogens is 188 g/mol. The molecular formula is C11H16N4. The first-order valence-corrected chi connectivity index (χ1v) is 4.97. The van der Waals surface area contributed by atoms with Gasteiger partial charge in [0.15, 0.2) is 0 Å². The fourth-order valence-electron chi connectivity index (χ4n) is 1.44. The maximum absolute atomic E-state index is 9.11. The van der Waals surface area contributed by atoms with Crippen LogP contribution in [0.2, 0.25) is 0 Å². The SMILES string of the molecule is CCc1nc(N)nc(C(C)(C)C)c1C#N. The molecule has 0 atom stereocenters. The van der Waals surface area contributed by atoms with Gasteiger partial charge in [-0.2, -0.15) is 5.26 Å². The van der Waals surface area contributed by atoms with Gasteiger partial charge in [0.25, 0.3) is 0 Å². The van der Waals surface area contributed by atoms with Crippen LogP contribution in [0.4, 0.5) is 5.95 Å². The van der Waals surface area contributed by atoms with E-state index in [2.05, 4.69) is 16.0 Å². The molecule has 0 fully saturated rings. The van der Waals surface area contributed by atoms with E-state index in [0.717, 1.165) is 11.4 Å². The van der Waals surface area contributed by atoms with Gasteiger partial charge in [0.1, 0.15) is 6.07 Å². The maximum Gasteiger partial charge on any atom is 0.220 e. The Morgan fingerprint density at radius 2 is 1.93 bits per heavy atom. The highest BCUT2D eigenvalue weighted by Gasteiger charge is 2.23. The number of rotatable bonds is 1. The maximum atomic E-state index is 9.11. The summed E-state index contributed by atoms with van der Waals surface area (Å²) in [6, 6.07) is 2.17. The van der Waals surface area contributed by atoms with E-state index in [1.165, 1.54) is 0 Å². The second-order valence-electron chi connectivity index (χ2n) is 4.47. The van der Waals surface area contributed by atoms with E-state index in [1.54, 1.807) is 0 Å². The Morgan fingerprint density at radius 1 is 1.33 bits per heavy atom. The zero-order chi connectivity index (χ0) is 11.6. The minimum absolute atomic E-state index is 0.188. The van der Waals surface area contributed by atoms with Crippen LogP contribution in [0.1, 0.15) is 44.6 Å². The normalized spacial score (nSPS) is 11.1. The van der Waals surface area contributed by atoms with E-state index in [0.29, 0.717) is 12.0 Å². The molecule has 15 heavy (non-hydrogen) atoms. The summed E-state index contributed by atoms with van der Waals surface area (Å²) in [6.07, 6.45) is 0.693. The van der Waals surface area contributed by atoms with Crippen LogP contribution in [0.5, 0.6) is 0 Å². The summed E-state index contributed by atoms with van der Waals surface area (Å²) in [5.41, 5.74) is 7.47. The van der Waals surface area contributed by atoms with Gasteiger partial charge in [0, 0.05) is 5.41 Å². The highest BCUT2D eigenvalue weighted by atomic mass is 15.0. The van der Waals surface area contributed by atoms with Crippen LogP contribution in [-0.4, -0.2) is 9.97 Å². The number of nitrogen functional groups attached to an aromatic ring is 1. The summed E-state index contributed by atoms with van der Waals surface area (Å²) in [5, 5.41) is 9.11. The Balaban J connectivity index is 3.51. The van der Waals surface area contributed by atoms with Crippen LogP contribution in [-0.2, 0) is 11.8 Å². The van der Waals surface area contributed by atoms with E-state index in [4.69, 9.17) is 11.0 Å². The molecule has 1 rings (SSSR count). The summed E-state index contributed by atoms with van der Waals surface area (Å²) < 4.78 is 0. The number of nitrogens with two attached hydrogens (primary N) is 1. The molecule has 0 aliphatic heterocycles. The average Bonchev–Trinajstić information content (AvgIpc) is 2.15. The molecule has 0 saturated carbocycles. The minimum atomic E-state index is -0.188. The Bertz CT molecular complexity index is 410. The molecule has 0 aliphatic carbocycles. The van der Waals surface area contributed by atoms with E-state index >= 15 is 0 Å². The molecule has 0 aliphatic rings. The van der Waals surface area contributed by atoms with Gasteiger partial charge in [-0.25, -0.2) is 9.97 Å². The highest BCUT2D eigenvalue weighted by Crippen LogP contribution is 2.25. The topological polar surface area (TPSA) is 75.6 Å². The van der Waals surface area contributed by atoms with Crippen LogP contribution in [0.15, 0.2) is 0 Å². The Labute approximate surface area is 90.2 Å². The van der Waals surface area contributed by atoms with Crippen LogP contribution in [0.25, 0.3) is 0 Å². The molecule has 0 unspecified atom stereocenters. The van der Waals surface area contributed by atoms with Gasteiger partial charge in [-0.05, 0) is 6.42 Å². The van der Waals surface area contributed by atoms with Gasteiger partial charge >= 0.3 is 0 Å². The fourth-order valence-corrected chi connectivity index (χ4v) is 1.44. The monoisotopic (exact) mass is 204 g/mol. The van der Waals surface area contributed by atoms with Gasteiger partial charge in [0.2, 0.25) is 5.95 Å². The lowest BCUT2D eigenvalue weighted by atomic mass is 9.88. The number of nitrogens with zero attached hydrogens (tertiary/aromatic N) is 3. The molecule has 0 spiro atoms. The first-order chi connectivity index (χ1) is 6.90. The Morgan fingerprint density at radius 3 is 2.33 bits per heavy atom. The first-order valence-electron chi connectivity index (χ1n) is 4.97. The van der Waals surface area contributed by atoms with Crippen LogP contribution in [0, 0.1) is 11.3 Å². The van der Waals surface area contributed by atoms with Crippen LogP contribution >= 0.6 is 0 Å². The third-order valence-corrected chi connectivity index (χ3v) is 2.16. The predicted molar refractivity (Wildman–Crippen MR) is 59.2 cm³/mol. The summed E-state index contributed by atoms with van der Waals surface area (Å²) >= 11 is 0. The zero-order valence-corrected chi connectivity index (χ0v) is 9.63. The molecule has 1 heterocycles. The lowest BCUT2D eigenvalue weighted by Crippen LogP contribution is -2.19. The smallest absolute Gasteiger partial charge is 0.220 e. The predicted octanol–water partition coefficient (Wildman–Crippen LogP) is 1.79. The van der Waals surface area contributed by atoms with Crippen LogP contribution < -0.4 is 5.73 Å². The molecule has 0 saturated heterocycles. The van der Waals surface area contributed by atoms with Crippen molar-refractivity contribution >= 4 is 5.95 Å². The number of hydrogen-bond donors (Lipinski definition) is 1. The molecule has 0 amide bonds. The second-order valence-corrected chi connectivity index (χ2v) is 4.47. The molecule has 4 heteroatoms. The number of aryl methyl sites for hydroxylation is 1. The third-order valence-electron chi connectivity index (χ3n) is 2.16. The molecule has 4 nitrogen and oxygen atoms in total. The van der Waals surface area contributed by atoms with Crippen molar-refractivity contribution in [1.82, 2.24) is 9.97 Å². The Hall–Kier alpha value is -1.63. The zero-order valence-electron chi connectivity index (χ0n) is 9.63. The summed E-state index contributed by atoms with van der Waals surface area (Å²) in [7, 11) is 0. The van der Waals surface area contributed by atoms with Crippen molar-refractivity contribution in [3.05, 3.63) is 17.0 Å². The second kappa shape index (κ2) is 3.85. The van der Waals surface area contributed by atoms with Gasteiger partial charge in [-0.3, -0.25) is 0 Å². The molecule has 0 aromatic carbocycles. The summed E-state index contributed by atoms with van der Waals surface area (Å²) in [4.78, 5) is 8.25. The number of anilines is 1. The number of hydrogen-bond acceptors (Lipinski definition) is 4. The van der Waals surface area contributed by atoms with Crippen molar-refractivity contribution in [2.75, 3.05) is 5.73 Å². The lowest BCUT2D eigenvalue weighted by Gasteiger charge is -2.20. The molecule has 2 N–H and O–H groups in total. The van der Waals surface area contributed by atoms with Crippen molar-refractivity contribution in [2.45, 2.75) is 39.5 Å². The minimum Gasteiger partial charge on any atom is -0.368 e. The molecule has 80 valence electrons. The van der Waals surface area contributed by atoms with Gasteiger partial charge < -0.3 is 5.73 Å². The average molecular weight is 204 g/mol. The largest absolute Gasteiger partial charge is 0.368 e. The highest BCUT2D eigenvalue weighted by molar-refractivity contribution is 5.43. The molecule has 1 aromatic heterocycles. The van der Waals surface area contributed by atoms with Crippen LogP contribution in [0.3, 0.4) is 0 Å². The number of nitriles is 1. The standard InChI is InChI=1S/C11H16N4/c1-5-8-7(6-12)9(11(2,3)4)15-10(13)14-8/h5H2,1-4H3,(H2,13,14,15). The van der Waals surface area contributed by atoms with E-state index in [9.17, 15) is 0 Å². The van der Waals surface area contributed by atoms with Gasteiger partial charge in [-0.15, -0.1) is 0 Å². The summed E-state index contributed by atoms with van der Waals surface area (Å²) in [5.74, 6) is 0.246. The van der Waals surface area contributed by atoms with Crippen molar-refractivity contribution in [3.63, 3.8) is 0 Å². The molecule has 0 radical (unpaired) electrons. The van der Waals surface area contributed by atoms with E-state index in [1.807, 2.05) is 27.7 Å². The van der Waals surface area contributed by atoms with E-state index < -0.39 is 0 Å². The van der Waals surface area contributed by atoms with Gasteiger partial charge in [-0.1, -0.05) is 27.7 Å². The Kier molecular flexibility index (Phi) is 2.94. The molecule has 0 bridgehead atoms. The van der Waals surface area contributed by atoms with Gasteiger partial charge in [0.05, 0.1) is 17.0 Å². The number of aromatic nitrogens is 2. The van der Waals surface area contributed by atoms with Crippen molar-refractivity contribution in [2.24, 2.45) is 0 Å². The quantitative estimate of drug-likeness (QED) is 0.756. The molecule has 1 aromatic rings. The third kappa shape index (κ3) is 2.24. The van der Waals surface area contributed by atoms with Crippen molar-refractivity contribution in [1.29, 1.82) is 5.26 Å². The first kappa shape index (κ1) is 11.4. The van der Waals surface area contributed by atoms with Crippen molar-refractivity contribution in [3.8, 4) is 6.07 Å². The van der Waals surface area contributed by atoms with E-state index in [-0.39, 0.29) is 11.4 Å². The van der Waals surface area contributed by atoms with Crippen molar-refractivity contribution < 1.29 is 0 Å². The fraction of sp³-hybridized carbons (Fsp3) is 0.545. The summed E-state index contributed by atoms with van der Waals surface area (Å²) in [6.45, 7) is 7.98. The lowest BCUT2D eigenvalue weighted by molar-refractivity contribution is 0.564.